The van der Waals surface area contributed by atoms with Gasteiger partial charge in [-0.25, -0.2) is 0 Å². The molecule has 1 aromatic rings. The summed E-state index contributed by atoms with van der Waals surface area (Å²) >= 11 is 0. The van der Waals surface area contributed by atoms with Crippen molar-refractivity contribution in [1.82, 2.24) is 4.98 Å². The molecule has 0 aliphatic rings. The van der Waals surface area contributed by atoms with Crippen molar-refractivity contribution in [2.24, 2.45) is 0 Å². The lowest BCUT2D eigenvalue weighted by Gasteiger charge is -2.11. The maximum atomic E-state index is 5.26. The molecular weight excluding hydrogens is 178 g/mol. The summed E-state index contributed by atoms with van der Waals surface area (Å²) in [5.74, 6) is 0.773. The van der Waals surface area contributed by atoms with Crippen LogP contribution in [0.3, 0.4) is 0 Å². The highest BCUT2D eigenvalue weighted by atomic mass is 16.5. The van der Waals surface area contributed by atoms with Crippen molar-refractivity contribution in [2.75, 3.05) is 14.2 Å². The molecule has 3 nitrogen and oxygen atoms in total. The van der Waals surface area contributed by atoms with Crippen molar-refractivity contribution in [3.05, 3.63) is 29.6 Å². The molecule has 0 unspecified atom stereocenters. The van der Waals surface area contributed by atoms with E-state index in [1.165, 1.54) is 0 Å². The van der Waals surface area contributed by atoms with Gasteiger partial charge in [0.25, 0.3) is 0 Å². The van der Waals surface area contributed by atoms with Gasteiger partial charge >= 0.3 is 0 Å². The Hall–Kier alpha value is -1.35. The molecule has 3 heteroatoms. The van der Waals surface area contributed by atoms with Crippen LogP contribution in [0.1, 0.15) is 16.8 Å². The van der Waals surface area contributed by atoms with E-state index in [9.17, 15) is 0 Å². The molecular formula is C11H15NO2. The first-order chi connectivity index (χ1) is 6.74. The largest absolute Gasteiger partial charge is 0.494 e. The van der Waals surface area contributed by atoms with Gasteiger partial charge in [-0.1, -0.05) is 12.7 Å². The van der Waals surface area contributed by atoms with E-state index in [1.807, 2.05) is 6.92 Å². The second kappa shape index (κ2) is 4.77. The minimum absolute atomic E-state index is 0.519. The summed E-state index contributed by atoms with van der Waals surface area (Å²) in [6, 6.07) is 0. The summed E-state index contributed by atoms with van der Waals surface area (Å²) in [5.41, 5.74) is 2.81. The molecule has 0 spiro atoms. The quantitative estimate of drug-likeness (QED) is 0.734. The average molecular weight is 193 g/mol. The SMILES string of the molecule is C=Cc1c(COC)cnc(C)c1OC. The number of hydrogen-bond donors (Lipinski definition) is 0. The van der Waals surface area contributed by atoms with E-state index >= 15 is 0 Å². The maximum Gasteiger partial charge on any atom is 0.147 e. The first kappa shape index (κ1) is 10.7. The van der Waals surface area contributed by atoms with Crippen molar-refractivity contribution < 1.29 is 9.47 Å². The minimum atomic E-state index is 0.519. The Balaban J connectivity index is 3.25. The molecule has 0 bridgehead atoms. The number of methoxy groups -OCH3 is 2. The number of aromatic nitrogens is 1. The highest BCUT2D eigenvalue weighted by molar-refractivity contribution is 5.60. The molecule has 76 valence electrons. The number of hydrogen-bond acceptors (Lipinski definition) is 3. The number of ether oxygens (including phenoxy) is 2. The molecule has 1 aromatic heterocycles. The molecule has 0 aromatic carbocycles. The molecule has 0 N–H and O–H groups in total. The lowest BCUT2D eigenvalue weighted by atomic mass is 10.1. The van der Waals surface area contributed by atoms with E-state index in [0.717, 1.165) is 22.6 Å². The average Bonchev–Trinajstić information content (AvgIpc) is 2.20. The Kier molecular flexibility index (Phi) is 3.65. The summed E-state index contributed by atoms with van der Waals surface area (Å²) in [4.78, 5) is 4.22. The van der Waals surface area contributed by atoms with Crippen LogP contribution >= 0.6 is 0 Å². The zero-order valence-electron chi connectivity index (χ0n) is 8.83. The van der Waals surface area contributed by atoms with Crippen LogP contribution in [0, 0.1) is 6.92 Å². The summed E-state index contributed by atoms with van der Waals surface area (Å²) in [5, 5.41) is 0. The third-order valence-electron chi connectivity index (χ3n) is 2.04. The third kappa shape index (κ3) is 1.93. The van der Waals surface area contributed by atoms with Crippen LogP contribution in [-0.4, -0.2) is 19.2 Å². The molecule has 0 aliphatic carbocycles. The van der Waals surface area contributed by atoms with Crippen LogP contribution in [0.5, 0.6) is 5.75 Å². The molecule has 14 heavy (non-hydrogen) atoms. The van der Waals surface area contributed by atoms with E-state index in [2.05, 4.69) is 11.6 Å². The summed E-state index contributed by atoms with van der Waals surface area (Å²) in [6.07, 6.45) is 3.56. The van der Waals surface area contributed by atoms with Crippen LogP contribution in [0.2, 0.25) is 0 Å². The lowest BCUT2D eigenvalue weighted by molar-refractivity contribution is 0.184. The van der Waals surface area contributed by atoms with E-state index in [1.54, 1.807) is 26.5 Å². The topological polar surface area (TPSA) is 31.4 Å². The van der Waals surface area contributed by atoms with Gasteiger partial charge in [-0.3, -0.25) is 4.98 Å². The van der Waals surface area contributed by atoms with Gasteiger partial charge < -0.3 is 9.47 Å². The molecule has 0 aliphatic heterocycles. The molecule has 1 rings (SSSR count). The first-order valence-electron chi connectivity index (χ1n) is 4.38. The van der Waals surface area contributed by atoms with Crippen LogP contribution in [0.25, 0.3) is 6.08 Å². The van der Waals surface area contributed by atoms with Gasteiger partial charge in [0.2, 0.25) is 0 Å². The number of pyridine rings is 1. The Bertz CT molecular complexity index is 334. The van der Waals surface area contributed by atoms with Gasteiger partial charge in [0, 0.05) is 24.4 Å². The van der Waals surface area contributed by atoms with Gasteiger partial charge in [-0.15, -0.1) is 0 Å². The Morgan fingerprint density at radius 2 is 2.21 bits per heavy atom. The molecule has 0 atom stereocenters. The predicted molar refractivity (Wildman–Crippen MR) is 56.3 cm³/mol. The Labute approximate surface area is 84.4 Å². The standard InChI is InChI=1S/C11H15NO2/c1-5-10-9(7-13-3)6-12-8(2)11(10)14-4/h5-6H,1,7H2,2-4H3. The highest BCUT2D eigenvalue weighted by Gasteiger charge is 2.09. The maximum absolute atomic E-state index is 5.26. The fourth-order valence-electron chi connectivity index (χ4n) is 1.40. The number of aryl methyl sites for hydroxylation is 1. The fourth-order valence-corrected chi connectivity index (χ4v) is 1.40. The molecule has 0 fully saturated rings. The molecule has 0 amide bonds. The monoisotopic (exact) mass is 193 g/mol. The molecule has 0 radical (unpaired) electrons. The van der Waals surface area contributed by atoms with E-state index in [0.29, 0.717) is 6.61 Å². The Morgan fingerprint density at radius 3 is 2.71 bits per heavy atom. The second-order valence-electron chi connectivity index (χ2n) is 2.95. The van der Waals surface area contributed by atoms with Crippen molar-refractivity contribution in [2.45, 2.75) is 13.5 Å². The van der Waals surface area contributed by atoms with Crippen molar-refractivity contribution in [3.63, 3.8) is 0 Å². The predicted octanol–water partition coefficient (Wildman–Crippen LogP) is 2.19. The van der Waals surface area contributed by atoms with Crippen LogP contribution in [0.15, 0.2) is 12.8 Å². The third-order valence-corrected chi connectivity index (χ3v) is 2.04. The molecule has 0 saturated heterocycles. The van der Waals surface area contributed by atoms with E-state index in [4.69, 9.17) is 9.47 Å². The van der Waals surface area contributed by atoms with Crippen molar-refractivity contribution in [1.29, 1.82) is 0 Å². The van der Waals surface area contributed by atoms with Crippen molar-refractivity contribution >= 4 is 6.08 Å². The number of rotatable bonds is 4. The molecule has 0 saturated carbocycles. The van der Waals surface area contributed by atoms with E-state index < -0.39 is 0 Å². The van der Waals surface area contributed by atoms with Crippen LogP contribution in [0.4, 0.5) is 0 Å². The summed E-state index contributed by atoms with van der Waals surface area (Å²) < 4.78 is 10.3. The first-order valence-corrected chi connectivity index (χ1v) is 4.38. The van der Waals surface area contributed by atoms with Gasteiger partial charge in [0.1, 0.15) is 5.75 Å². The summed E-state index contributed by atoms with van der Waals surface area (Å²) in [6.45, 7) is 6.18. The molecule has 1 heterocycles. The Morgan fingerprint density at radius 1 is 1.50 bits per heavy atom. The summed E-state index contributed by atoms with van der Waals surface area (Å²) in [7, 11) is 3.28. The minimum Gasteiger partial charge on any atom is -0.494 e. The van der Waals surface area contributed by atoms with Gasteiger partial charge in [0.15, 0.2) is 0 Å². The van der Waals surface area contributed by atoms with Gasteiger partial charge in [-0.2, -0.15) is 0 Å². The van der Waals surface area contributed by atoms with Gasteiger partial charge in [-0.05, 0) is 6.92 Å². The normalized spacial score (nSPS) is 9.93. The van der Waals surface area contributed by atoms with Crippen molar-refractivity contribution in [3.8, 4) is 5.75 Å². The zero-order valence-corrected chi connectivity index (χ0v) is 8.83. The smallest absolute Gasteiger partial charge is 0.147 e. The van der Waals surface area contributed by atoms with E-state index in [-0.39, 0.29) is 0 Å². The highest BCUT2D eigenvalue weighted by Crippen LogP contribution is 2.26. The van der Waals surface area contributed by atoms with Gasteiger partial charge in [0.05, 0.1) is 19.4 Å². The zero-order chi connectivity index (χ0) is 10.6. The second-order valence-corrected chi connectivity index (χ2v) is 2.95. The number of nitrogens with zero attached hydrogens (tertiary/aromatic N) is 1. The van der Waals surface area contributed by atoms with Crippen LogP contribution in [-0.2, 0) is 11.3 Å². The fraction of sp³-hybridized carbons (Fsp3) is 0.364. The lowest BCUT2D eigenvalue weighted by Crippen LogP contribution is -2.00. The van der Waals surface area contributed by atoms with Crippen LogP contribution < -0.4 is 4.74 Å².